The van der Waals surface area contributed by atoms with Crippen molar-refractivity contribution in [1.29, 1.82) is 0 Å². The quantitative estimate of drug-likeness (QED) is 0.279. The van der Waals surface area contributed by atoms with E-state index in [1.165, 1.54) is 0 Å². The van der Waals surface area contributed by atoms with E-state index in [0.29, 0.717) is 19.6 Å². The highest BCUT2D eigenvalue weighted by molar-refractivity contribution is 9.10. The highest BCUT2D eigenvalue weighted by Gasteiger charge is 2.36. The summed E-state index contributed by atoms with van der Waals surface area (Å²) in [5.41, 5.74) is 3.03. The Balaban J connectivity index is 1.30. The lowest BCUT2D eigenvalue weighted by molar-refractivity contribution is -0.119. The molecule has 1 fully saturated rings. The first-order valence-corrected chi connectivity index (χ1v) is 13.3. The van der Waals surface area contributed by atoms with Crippen molar-refractivity contribution in [2.24, 2.45) is 0 Å². The first-order chi connectivity index (χ1) is 17.5. The highest BCUT2D eigenvalue weighted by atomic mass is 79.9. The summed E-state index contributed by atoms with van der Waals surface area (Å²) < 4.78 is 6.56. The van der Waals surface area contributed by atoms with Crippen LogP contribution in [0.25, 0.3) is 0 Å². The fraction of sp³-hybridized carbons (Fsp3) is 0.259. The Kier molecular flexibility index (Phi) is 9.41. The van der Waals surface area contributed by atoms with Crippen LogP contribution in [0.2, 0.25) is 0 Å². The number of nitrogens with zero attached hydrogens (tertiary/aromatic N) is 1. The van der Waals surface area contributed by atoms with E-state index < -0.39 is 11.5 Å². The molecule has 7 nitrogen and oxygen atoms in total. The summed E-state index contributed by atoms with van der Waals surface area (Å²) in [4.78, 5) is 26.2. The van der Waals surface area contributed by atoms with Gasteiger partial charge in [-0.1, -0.05) is 58.4 Å². The number of halogens is 1. The molecule has 0 saturated carbocycles. The minimum atomic E-state index is -0.617. The van der Waals surface area contributed by atoms with E-state index in [1.807, 2.05) is 83.8 Å². The van der Waals surface area contributed by atoms with Crippen LogP contribution in [0.5, 0.6) is 5.75 Å². The van der Waals surface area contributed by atoms with Gasteiger partial charge < -0.3 is 20.1 Å². The summed E-state index contributed by atoms with van der Waals surface area (Å²) in [6.45, 7) is 1.87. The molecule has 0 aromatic heterocycles. The smallest absolute Gasteiger partial charge is 0.288 e. The van der Waals surface area contributed by atoms with Gasteiger partial charge in [0.15, 0.2) is 5.37 Å². The highest BCUT2D eigenvalue weighted by Crippen LogP contribution is 2.30. The van der Waals surface area contributed by atoms with E-state index in [-0.39, 0.29) is 17.8 Å². The molecule has 3 N–H and O–H groups in total. The maximum Gasteiger partial charge on any atom is 0.288 e. The van der Waals surface area contributed by atoms with Crippen molar-refractivity contribution in [3.05, 3.63) is 94.5 Å². The van der Waals surface area contributed by atoms with Crippen LogP contribution in [-0.4, -0.2) is 47.4 Å². The summed E-state index contributed by atoms with van der Waals surface area (Å²) in [5, 5.41) is 14.8. The summed E-state index contributed by atoms with van der Waals surface area (Å²) in [6.07, 6.45) is 0.189. The number of ether oxygens (including phenoxy) is 1. The first kappa shape index (κ1) is 26.2. The van der Waals surface area contributed by atoms with Crippen LogP contribution in [0.4, 0.5) is 10.5 Å². The molecule has 1 aliphatic rings. The van der Waals surface area contributed by atoms with E-state index in [9.17, 15) is 14.7 Å². The van der Waals surface area contributed by atoms with Crippen molar-refractivity contribution in [1.82, 2.24) is 10.6 Å². The first-order valence-electron chi connectivity index (χ1n) is 11.7. The predicted octanol–water partition coefficient (Wildman–Crippen LogP) is 4.34. The molecule has 1 saturated heterocycles. The molecule has 36 heavy (non-hydrogen) atoms. The van der Waals surface area contributed by atoms with Crippen molar-refractivity contribution in [2.75, 3.05) is 24.6 Å². The van der Waals surface area contributed by atoms with Gasteiger partial charge in [-0.25, -0.2) is 0 Å². The number of imide groups is 1. The Morgan fingerprint density at radius 2 is 1.69 bits per heavy atom. The number of hydrogen-bond donors (Lipinski definition) is 3. The molecule has 0 radical (unpaired) electrons. The van der Waals surface area contributed by atoms with Crippen LogP contribution in [0.1, 0.15) is 11.1 Å². The molecule has 4 rings (SSSR count). The molecule has 0 bridgehead atoms. The molecule has 9 heteroatoms. The van der Waals surface area contributed by atoms with Crippen molar-refractivity contribution >= 4 is 44.5 Å². The number of hydrogen-bond acceptors (Lipinski definition) is 7. The zero-order chi connectivity index (χ0) is 25.3. The summed E-state index contributed by atoms with van der Waals surface area (Å²) in [5.74, 6) is 0.439. The molecule has 188 valence electrons. The number of thioether (sulfide) groups is 1. The average Bonchev–Trinajstić information content (AvgIpc) is 3.23. The number of para-hydroxylation sites is 1. The molecule has 3 aromatic rings. The molecule has 2 atom stereocenters. The number of aliphatic hydroxyl groups excluding tert-OH is 1. The molecular formula is C27H28BrN3O4S. The molecule has 2 amide bonds. The maximum absolute atomic E-state index is 12.4. The summed E-state index contributed by atoms with van der Waals surface area (Å²) in [7, 11) is 0. The number of rotatable bonds is 12. The van der Waals surface area contributed by atoms with Crippen molar-refractivity contribution in [2.45, 2.75) is 24.4 Å². The zero-order valence-corrected chi connectivity index (χ0v) is 22.0. The van der Waals surface area contributed by atoms with Crippen LogP contribution in [0, 0.1) is 0 Å². The Labute approximate surface area is 223 Å². The lowest BCUT2D eigenvalue weighted by Gasteiger charge is -2.28. The normalized spacial score (nSPS) is 16.0. The van der Waals surface area contributed by atoms with Crippen molar-refractivity contribution in [3.63, 3.8) is 0 Å². The minimum Gasteiger partial charge on any atom is -0.491 e. The Hall–Kier alpha value is -2.85. The third kappa shape index (κ3) is 7.57. The number of benzene rings is 3. The molecule has 3 aromatic carbocycles. The predicted molar refractivity (Wildman–Crippen MR) is 146 cm³/mol. The minimum absolute atomic E-state index is 0.231. The van der Waals surface area contributed by atoms with Gasteiger partial charge in [-0.15, -0.1) is 0 Å². The van der Waals surface area contributed by atoms with E-state index in [4.69, 9.17) is 4.74 Å². The second-order valence-corrected chi connectivity index (χ2v) is 10.4. The number of carbonyl (C=O) groups is 2. The number of anilines is 1. The van der Waals surface area contributed by atoms with Crippen molar-refractivity contribution < 1.29 is 19.4 Å². The van der Waals surface area contributed by atoms with Gasteiger partial charge in [0.25, 0.3) is 11.1 Å². The number of carbonyl (C=O) groups excluding carboxylic acids is 2. The maximum atomic E-state index is 12.4. The topological polar surface area (TPSA) is 90.9 Å². The zero-order valence-electron chi connectivity index (χ0n) is 19.6. The van der Waals surface area contributed by atoms with E-state index in [1.54, 1.807) is 0 Å². The molecule has 0 aliphatic carbocycles. The van der Waals surface area contributed by atoms with Gasteiger partial charge in [-0.05, 0) is 72.3 Å². The number of aliphatic hydroxyl groups is 1. The monoisotopic (exact) mass is 569 g/mol. The van der Waals surface area contributed by atoms with Crippen LogP contribution in [0.15, 0.2) is 83.3 Å². The largest absolute Gasteiger partial charge is 0.491 e. The van der Waals surface area contributed by atoms with Gasteiger partial charge in [0.05, 0.1) is 0 Å². The van der Waals surface area contributed by atoms with Gasteiger partial charge >= 0.3 is 0 Å². The summed E-state index contributed by atoms with van der Waals surface area (Å²) in [6, 6.07) is 25.4. The third-order valence-electron chi connectivity index (χ3n) is 5.64. The SMILES string of the molecule is O=C1NC(=O)C(N(Cc2ccc(Br)cc2)c2ccc(CCNCC(O)COc3ccccc3)cc2)S1. The number of nitrogens with one attached hydrogen (secondary N) is 2. The van der Waals surface area contributed by atoms with E-state index >= 15 is 0 Å². The average molecular weight is 571 g/mol. The molecule has 1 heterocycles. The number of amides is 2. The second-order valence-electron chi connectivity index (χ2n) is 8.40. The van der Waals surface area contributed by atoms with Gasteiger partial charge in [0.1, 0.15) is 18.5 Å². The van der Waals surface area contributed by atoms with E-state index in [0.717, 1.165) is 45.2 Å². The molecule has 1 aliphatic heterocycles. The van der Waals surface area contributed by atoms with Crippen molar-refractivity contribution in [3.8, 4) is 5.75 Å². The summed E-state index contributed by atoms with van der Waals surface area (Å²) >= 11 is 4.45. The molecule has 2 unspecified atom stereocenters. The van der Waals surface area contributed by atoms with Gasteiger partial charge in [0.2, 0.25) is 0 Å². The molecule has 0 spiro atoms. The standard InChI is InChI=1S/C27H28BrN3O4S/c28-21-10-6-20(7-11-21)17-31(26-25(33)30-27(34)36-26)22-12-8-19(9-13-22)14-15-29-16-23(32)18-35-24-4-2-1-3-5-24/h1-13,23,26,29,32H,14-18H2,(H,30,33,34). The van der Waals surface area contributed by atoms with Crippen LogP contribution in [-0.2, 0) is 17.8 Å². The Morgan fingerprint density at radius 3 is 2.36 bits per heavy atom. The third-order valence-corrected chi connectivity index (χ3v) is 7.18. The van der Waals surface area contributed by atoms with E-state index in [2.05, 4.69) is 26.6 Å². The van der Waals surface area contributed by atoms with Crippen LogP contribution < -0.4 is 20.3 Å². The lowest BCUT2D eigenvalue weighted by atomic mass is 10.1. The fourth-order valence-electron chi connectivity index (χ4n) is 3.77. The Morgan fingerprint density at radius 1 is 1.00 bits per heavy atom. The lowest BCUT2D eigenvalue weighted by Crippen LogP contribution is -2.39. The molecular weight excluding hydrogens is 542 g/mol. The fourth-order valence-corrected chi connectivity index (χ4v) is 4.89. The van der Waals surface area contributed by atoms with Crippen LogP contribution >= 0.6 is 27.7 Å². The van der Waals surface area contributed by atoms with Gasteiger partial charge in [0, 0.05) is 23.2 Å². The Bertz CT molecular complexity index is 1150. The van der Waals surface area contributed by atoms with Crippen LogP contribution in [0.3, 0.4) is 0 Å². The second kappa shape index (κ2) is 12.9. The van der Waals surface area contributed by atoms with Gasteiger partial charge in [-0.3, -0.25) is 14.9 Å². The van der Waals surface area contributed by atoms with Gasteiger partial charge in [-0.2, -0.15) is 0 Å².